The Kier molecular flexibility index (Phi) is 8.16. The van der Waals surface area contributed by atoms with Gasteiger partial charge in [-0.3, -0.25) is 19.4 Å². The van der Waals surface area contributed by atoms with Crippen LogP contribution in [0.5, 0.6) is 5.75 Å². The van der Waals surface area contributed by atoms with Gasteiger partial charge in [0.25, 0.3) is 17.4 Å². The van der Waals surface area contributed by atoms with Crippen LogP contribution in [0.15, 0.2) is 83.8 Å². The van der Waals surface area contributed by atoms with Crippen molar-refractivity contribution in [1.29, 1.82) is 0 Å². The number of amides is 2. The summed E-state index contributed by atoms with van der Waals surface area (Å²) in [5.41, 5.74) is 0.456. The molecule has 1 saturated heterocycles. The Hall–Kier alpha value is -4.90. The lowest BCUT2D eigenvalue weighted by Crippen LogP contribution is -2.35. The maximum Gasteiger partial charge on any atom is 0.294 e. The second-order valence-electron chi connectivity index (χ2n) is 9.78. The lowest BCUT2D eigenvalue weighted by atomic mass is 10.1. The molecule has 0 saturated carbocycles. The highest BCUT2D eigenvalue weighted by Gasteiger charge is 2.40. The van der Waals surface area contributed by atoms with Gasteiger partial charge in [-0.25, -0.2) is 9.37 Å². The fraction of sp³-hybridized carbons (Fsp3) is 0.233. The minimum absolute atomic E-state index is 0.0430. The zero-order valence-corrected chi connectivity index (χ0v) is 22.2. The number of likely N-dealkylation sites (tertiary alicyclic amines) is 1. The van der Waals surface area contributed by atoms with Crippen LogP contribution in [0.1, 0.15) is 50.4 Å². The Balaban J connectivity index is 1.43. The van der Waals surface area contributed by atoms with Gasteiger partial charge in [0.15, 0.2) is 5.69 Å². The van der Waals surface area contributed by atoms with Crippen LogP contribution in [-0.2, 0) is 17.9 Å². The number of halogens is 1. The number of benzene rings is 2. The monoisotopic (exact) mass is 557 g/mol. The third kappa shape index (κ3) is 6.30. The highest BCUT2D eigenvalue weighted by atomic mass is 19.1. The summed E-state index contributed by atoms with van der Waals surface area (Å²) in [7, 11) is 1.48. The summed E-state index contributed by atoms with van der Waals surface area (Å²) in [6.07, 6.45) is 1.40. The summed E-state index contributed by atoms with van der Waals surface area (Å²) in [6, 6.07) is 19.4. The first-order valence-corrected chi connectivity index (χ1v) is 13.0. The standard InChI is InChI=1S/C30H28FN5O5/c1-35(16-19-10-12-21(31)13-11-19)30(40)25-26(37)28(38)34-27(33-25)24-15-22(41-18-20-7-3-2-4-8-20)17-36(24)29(39)23-9-5-6-14-32-23/h2-14,22,24,37H,15-18H2,1H3,(H,33,34,38)/t22-,24+/m1/s1. The number of aromatic amines is 1. The Labute approximate surface area is 235 Å². The molecular formula is C30H28FN5O5. The summed E-state index contributed by atoms with van der Waals surface area (Å²) >= 11 is 0. The van der Waals surface area contributed by atoms with Gasteiger partial charge in [0, 0.05) is 32.8 Å². The SMILES string of the molecule is CN(Cc1ccc(F)cc1)C(=O)c1nc([C@@H]2C[C@@H](OCc3ccccc3)CN2C(=O)c2ccccn2)[nH]c(=O)c1O. The second kappa shape index (κ2) is 12.1. The van der Waals surface area contributed by atoms with Gasteiger partial charge in [0.1, 0.15) is 17.3 Å². The molecule has 0 bridgehead atoms. The molecule has 2 amide bonds. The van der Waals surface area contributed by atoms with E-state index in [1.165, 1.54) is 47.3 Å². The van der Waals surface area contributed by atoms with E-state index in [1.807, 2.05) is 30.3 Å². The molecular weight excluding hydrogens is 529 g/mol. The highest BCUT2D eigenvalue weighted by molar-refractivity contribution is 5.95. The minimum atomic E-state index is -0.910. The number of aromatic hydroxyl groups is 1. The molecule has 5 rings (SSSR count). The molecule has 210 valence electrons. The largest absolute Gasteiger partial charge is 0.501 e. The molecule has 0 unspecified atom stereocenters. The van der Waals surface area contributed by atoms with Crippen LogP contribution in [-0.4, -0.2) is 61.4 Å². The number of pyridine rings is 1. The van der Waals surface area contributed by atoms with Crippen molar-refractivity contribution in [2.24, 2.45) is 0 Å². The Morgan fingerprint density at radius 3 is 2.51 bits per heavy atom. The van der Waals surface area contributed by atoms with Crippen molar-refractivity contribution in [3.05, 3.63) is 124 Å². The van der Waals surface area contributed by atoms with Crippen LogP contribution in [0.4, 0.5) is 4.39 Å². The molecule has 1 fully saturated rings. The topological polar surface area (TPSA) is 129 Å². The van der Waals surface area contributed by atoms with E-state index >= 15 is 0 Å². The molecule has 0 radical (unpaired) electrons. The Morgan fingerprint density at radius 2 is 1.80 bits per heavy atom. The number of rotatable bonds is 8. The summed E-state index contributed by atoms with van der Waals surface area (Å²) < 4.78 is 19.4. The molecule has 0 aliphatic carbocycles. The molecule has 2 N–H and O–H groups in total. The average molecular weight is 558 g/mol. The molecule has 1 aliphatic heterocycles. The summed E-state index contributed by atoms with van der Waals surface area (Å²) in [5.74, 6) is -2.30. The number of carbonyl (C=O) groups is 2. The van der Waals surface area contributed by atoms with Crippen LogP contribution in [0.25, 0.3) is 0 Å². The number of hydrogen-bond donors (Lipinski definition) is 2. The van der Waals surface area contributed by atoms with Crippen molar-refractivity contribution in [3.63, 3.8) is 0 Å². The van der Waals surface area contributed by atoms with Gasteiger partial charge in [-0.1, -0.05) is 48.5 Å². The van der Waals surface area contributed by atoms with E-state index in [1.54, 1.807) is 18.2 Å². The van der Waals surface area contributed by atoms with Gasteiger partial charge in [0.2, 0.25) is 5.75 Å². The molecule has 4 aromatic rings. The van der Waals surface area contributed by atoms with Crippen LogP contribution in [0.2, 0.25) is 0 Å². The van der Waals surface area contributed by atoms with Crippen molar-refractivity contribution in [3.8, 4) is 5.75 Å². The molecule has 2 atom stereocenters. The van der Waals surface area contributed by atoms with Gasteiger partial charge in [-0.05, 0) is 35.4 Å². The average Bonchev–Trinajstić information content (AvgIpc) is 3.43. The van der Waals surface area contributed by atoms with E-state index in [2.05, 4.69) is 15.0 Å². The normalized spacial score (nSPS) is 16.5. The Bertz CT molecular complexity index is 1580. The molecule has 41 heavy (non-hydrogen) atoms. The minimum Gasteiger partial charge on any atom is -0.501 e. The lowest BCUT2D eigenvalue weighted by Gasteiger charge is -2.24. The first-order valence-electron chi connectivity index (χ1n) is 13.0. The van der Waals surface area contributed by atoms with Gasteiger partial charge in [-0.15, -0.1) is 0 Å². The van der Waals surface area contributed by atoms with E-state index in [0.717, 1.165) is 5.56 Å². The van der Waals surface area contributed by atoms with Crippen LogP contribution >= 0.6 is 0 Å². The van der Waals surface area contributed by atoms with Gasteiger partial charge < -0.3 is 24.6 Å². The molecule has 0 spiro atoms. The number of ether oxygens (including phenoxy) is 1. The first-order chi connectivity index (χ1) is 19.8. The number of nitrogens with one attached hydrogen (secondary N) is 1. The van der Waals surface area contributed by atoms with Crippen LogP contribution in [0.3, 0.4) is 0 Å². The third-order valence-electron chi connectivity index (χ3n) is 6.85. The first kappa shape index (κ1) is 27.7. The lowest BCUT2D eigenvalue weighted by molar-refractivity contribution is 0.0436. The zero-order valence-electron chi connectivity index (χ0n) is 22.2. The van der Waals surface area contributed by atoms with E-state index in [0.29, 0.717) is 12.2 Å². The smallest absolute Gasteiger partial charge is 0.294 e. The summed E-state index contributed by atoms with van der Waals surface area (Å²) in [4.78, 5) is 53.4. The molecule has 10 nitrogen and oxygen atoms in total. The van der Waals surface area contributed by atoms with Crippen molar-refractivity contribution < 1.29 is 23.8 Å². The van der Waals surface area contributed by atoms with E-state index in [-0.39, 0.29) is 31.0 Å². The van der Waals surface area contributed by atoms with Crippen molar-refractivity contribution >= 4 is 11.8 Å². The number of H-pyrrole nitrogens is 1. The van der Waals surface area contributed by atoms with Crippen molar-refractivity contribution in [2.45, 2.75) is 31.7 Å². The quantitative estimate of drug-likeness (QED) is 0.340. The number of carbonyl (C=O) groups excluding carboxylic acids is 2. The van der Waals surface area contributed by atoms with Crippen molar-refractivity contribution in [1.82, 2.24) is 24.8 Å². The maximum absolute atomic E-state index is 13.5. The fourth-order valence-electron chi connectivity index (χ4n) is 4.73. The van der Waals surface area contributed by atoms with Crippen molar-refractivity contribution in [2.75, 3.05) is 13.6 Å². The zero-order chi connectivity index (χ0) is 28.9. The van der Waals surface area contributed by atoms with Gasteiger partial charge >= 0.3 is 0 Å². The third-order valence-corrected chi connectivity index (χ3v) is 6.85. The predicted molar refractivity (Wildman–Crippen MR) is 146 cm³/mol. The number of nitrogens with zero attached hydrogens (tertiary/aromatic N) is 4. The van der Waals surface area contributed by atoms with E-state index < -0.39 is 46.8 Å². The number of aromatic nitrogens is 3. The van der Waals surface area contributed by atoms with Crippen LogP contribution in [0, 0.1) is 5.82 Å². The Morgan fingerprint density at radius 1 is 1.07 bits per heavy atom. The van der Waals surface area contributed by atoms with Gasteiger partial charge in [-0.2, -0.15) is 0 Å². The maximum atomic E-state index is 13.5. The molecule has 11 heteroatoms. The number of hydrogen-bond acceptors (Lipinski definition) is 7. The summed E-state index contributed by atoms with van der Waals surface area (Å²) in [5, 5.41) is 10.5. The fourth-order valence-corrected chi connectivity index (χ4v) is 4.73. The molecule has 2 aromatic carbocycles. The molecule has 3 heterocycles. The van der Waals surface area contributed by atoms with E-state index in [4.69, 9.17) is 4.74 Å². The molecule has 1 aliphatic rings. The predicted octanol–water partition coefficient (Wildman–Crippen LogP) is 3.45. The van der Waals surface area contributed by atoms with Crippen LogP contribution < -0.4 is 5.56 Å². The van der Waals surface area contributed by atoms with Gasteiger partial charge in [0.05, 0.1) is 18.8 Å². The second-order valence-corrected chi connectivity index (χ2v) is 9.78. The van der Waals surface area contributed by atoms with E-state index in [9.17, 15) is 23.9 Å². The molecule has 2 aromatic heterocycles. The highest BCUT2D eigenvalue weighted by Crippen LogP contribution is 2.33. The summed E-state index contributed by atoms with van der Waals surface area (Å²) in [6.45, 7) is 0.609.